The first-order valence-electron chi connectivity index (χ1n) is 9.83. The minimum absolute atomic E-state index is 0.0693. The van der Waals surface area contributed by atoms with Gasteiger partial charge in [0, 0.05) is 25.9 Å². The fraction of sp³-hybridized carbons (Fsp3) is 0.364. The van der Waals surface area contributed by atoms with Crippen LogP contribution in [-0.2, 0) is 27.7 Å². The molecule has 0 saturated carbocycles. The standard InChI is InChI=1S/C22H28N4O3S/c1-18(21-11-7-8-12-23-21)25(2)17-20-15-24-22(30(27,28)14-13-29-3)26(20)16-19-9-5-4-6-10-19/h4-12,15,18H,13-14,16-17H2,1-3H3/t18-/m1/s1. The number of pyridine rings is 1. The third-order valence-corrected chi connectivity index (χ3v) is 6.69. The molecule has 160 valence electrons. The molecule has 0 fully saturated rings. The topological polar surface area (TPSA) is 77.3 Å². The van der Waals surface area contributed by atoms with E-state index in [1.54, 1.807) is 17.0 Å². The summed E-state index contributed by atoms with van der Waals surface area (Å²) in [5, 5.41) is 0.0808. The molecule has 0 amide bonds. The van der Waals surface area contributed by atoms with Crippen molar-refractivity contribution in [3.05, 3.63) is 77.9 Å². The first-order chi connectivity index (χ1) is 14.4. The second-order valence-corrected chi connectivity index (χ2v) is 9.26. The third-order valence-electron chi connectivity index (χ3n) is 5.11. The quantitative estimate of drug-likeness (QED) is 0.494. The summed E-state index contributed by atoms with van der Waals surface area (Å²) in [5.74, 6) is -0.102. The summed E-state index contributed by atoms with van der Waals surface area (Å²) in [4.78, 5) is 10.9. The summed E-state index contributed by atoms with van der Waals surface area (Å²) in [5.41, 5.74) is 2.81. The molecule has 0 aliphatic carbocycles. The van der Waals surface area contributed by atoms with E-state index in [0.29, 0.717) is 13.1 Å². The van der Waals surface area contributed by atoms with Crippen LogP contribution >= 0.6 is 0 Å². The van der Waals surface area contributed by atoms with E-state index in [2.05, 4.69) is 21.8 Å². The highest BCUT2D eigenvalue weighted by Gasteiger charge is 2.24. The molecule has 1 atom stereocenters. The number of imidazole rings is 1. The molecular formula is C22H28N4O3S. The van der Waals surface area contributed by atoms with Crippen LogP contribution in [0.1, 0.15) is 29.9 Å². The Morgan fingerprint density at radius 3 is 2.50 bits per heavy atom. The molecule has 0 saturated heterocycles. The van der Waals surface area contributed by atoms with Crippen LogP contribution in [0.4, 0.5) is 0 Å². The zero-order valence-electron chi connectivity index (χ0n) is 17.6. The Bertz CT molecular complexity index is 1040. The Hall–Kier alpha value is -2.55. The molecular weight excluding hydrogens is 400 g/mol. The van der Waals surface area contributed by atoms with E-state index < -0.39 is 9.84 Å². The summed E-state index contributed by atoms with van der Waals surface area (Å²) >= 11 is 0. The maximum atomic E-state index is 12.9. The summed E-state index contributed by atoms with van der Waals surface area (Å²) in [6.45, 7) is 3.18. The highest BCUT2D eigenvalue weighted by Crippen LogP contribution is 2.22. The van der Waals surface area contributed by atoms with Crippen molar-refractivity contribution < 1.29 is 13.2 Å². The fourth-order valence-corrected chi connectivity index (χ4v) is 4.53. The lowest BCUT2D eigenvalue weighted by molar-refractivity contribution is 0.217. The molecule has 0 bridgehead atoms. The smallest absolute Gasteiger partial charge is 0.228 e. The Balaban J connectivity index is 1.91. The predicted molar refractivity (Wildman–Crippen MR) is 116 cm³/mol. The first kappa shape index (κ1) is 22.1. The van der Waals surface area contributed by atoms with Gasteiger partial charge in [0.2, 0.25) is 15.0 Å². The average Bonchev–Trinajstić information content (AvgIpc) is 3.16. The highest BCUT2D eigenvalue weighted by atomic mass is 32.2. The van der Waals surface area contributed by atoms with Gasteiger partial charge >= 0.3 is 0 Å². The van der Waals surface area contributed by atoms with Crippen molar-refractivity contribution in [1.29, 1.82) is 0 Å². The summed E-state index contributed by atoms with van der Waals surface area (Å²) in [6, 6.07) is 15.7. The van der Waals surface area contributed by atoms with Crippen LogP contribution in [0.25, 0.3) is 0 Å². The van der Waals surface area contributed by atoms with E-state index in [4.69, 9.17) is 4.74 Å². The second kappa shape index (κ2) is 9.97. The maximum absolute atomic E-state index is 12.9. The van der Waals surface area contributed by atoms with Gasteiger partial charge in [-0.1, -0.05) is 36.4 Å². The van der Waals surface area contributed by atoms with E-state index >= 15 is 0 Å². The highest BCUT2D eigenvalue weighted by molar-refractivity contribution is 7.91. The lowest BCUT2D eigenvalue weighted by atomic mass is 10.2. The maximum Gasteiger partial charge on any atom is 0.228 e. The molecule has 0 unspecified atom stereocenters. The van der Waals surface area contributed by atoms with Crippen LogP contribution in [0.5, 0.6) is 0 Å². The van der Waals surface area contributed by atoms with E-state index in [1.807, 2.05) is 55.6 Å². The third kappa shape index (κ3) is 5.33. The average molecular weight is 429 g/mol. The normalized spacial score (nSPS) is 12.9. The van der Waals surface area contributed by atoms with Crippen molar-refractivity contribution in [2.45, 2.75) is 31.2 Å². The number of hydrogen-bond acceptors (Lipinski definition) is 6. The van der Waals surface area contributed by atoms with E-state index in [1.165, 1.54) is 7.11 Å². The largest absolute Gasteiger partial charge is 0.384 e. The molecule has 30 heavy (non-hydrogen) atoms. The van der Waals surface area contributed by atoms with Crippen molar-refractivity contribution in [3.8, 4) is 0 Å². The van der Waals surface area contributed by atoms with Crippen molar-refractivity contribution in [1.82, 2.24) is 19.4 Å². The van der Waals surface area contributed by atoms with Gasteiger partial charge in [0.15, 0.2) is 0 Å². The zero-order valence-corrected chi connectivity index (χ0v) is 18.4. The van der Waals surface area contributed by atoms with Crippen LogP contribution in [0, 0.1) is 0 Å². The van der Waals surface area contributed by atoms with E-state index in [-0.39, 0.29) is 23.6 Å². The van der Waals surface area contributed by atoms with Crippen LogP contribution in [0.15, 0.2) is 66.1 Å². The van der Waals surface area contributed by atoms with Crippen LogP contribution in [0.2, 0.25) is 0 Å². The van der Waals surface area contributed by atoms with Crippen molar-refractivity contribution in [2.24, 2.45) is 0 Å². The van der Waals surface area contributed by atoms with Crippen LogP contribution < -0.4 is 0 Å². The van der Waals surface area contributed by atoms with Crippen molar-refractivity contribution >= 4 is 9.84 Å². The van der Waals surface area contributed by atoms with Gasteiger partial charge in [0.05, 0.1) is 36.5 Å². The first-order valence-corrected chi connectivity index (χ1v) is 11.5. The number of nitrogens with zero attached hydrogens (tertiary/aromatic N) is 4. The number of rotatable bonds is 10. The predicted octanol–water partition coefficient (Wildman–Crippen LogP) is 2.94. The van der Waals surface area contributed by atoms with Crippen LogP contribution in [0.3, 0.4) is 0 Å². The minimum atomic E-state index is -3.56. The number of sulfone groups is 1. The zero-order chi connectivity index (χ0) is 21.6. The Morgan fingerprint density at radius 1 is 1.10 bits per heavy atom. The second-order valence-electron chi connectivity index (χ2n) is 7.26. The molecule has 3 rings (SSSR count). The molecule has 2 heterocycles. The number of aromatic nitrogens is 3. The summed E-state index contributed by atoms with van der Waals surface area (Å²) < 4.78 is 32.5. The van der Waals surface area contributed by atoms with E-state index in [0.717, 1.165) is 17.0 Å². The Kier molecular flexibility index (Phi) is 7.36. The molecule has 0 spiro atoms. The van der Waals surface area contributed by atoms with Gasteiger partial charge < -0.3 is 9.30 Å². The molecule has 1 aromatic carbocycles. The van der Waals surface area contributed by atoms with Crippen molar-refractivity contribution in [3.63, 3.8) is 0 Å². The van der Waals surface area contributed by atoms with E-state index in [9.17, 15) is 8.42 Å². The molecule has 3 aromatic rings. The Morgan fingerprint density at radius 2 is 1.83 bits per heavy atom. The number of hydrogen-bond donors (Lipinski definition) is 0. The lowest BCUT2D eigenvalue weighted by Crippen LogP contribution is -2.25. The van der Waals surface area contributed by atoms with Crippen molar-refractivity contribution in [2.75, 3.05) is 26.5 Å². The number of benzene rings is 1. The minimum Gasteiger partial charge on any atom is -0.384 e. The molecule has 0 aliphatic rings. The van der Waals surface area contributed by atoms with Gasteiger partial charge in [-0.25, -0.2) is 13.4 Å². The SMILES string of the molecule is COCCS(=O)(=O)c1ncc(CN(C)[C@H](C)c2ccccn2)n1Cc1ccccc1. The molecule has 0 aliphatic heterocycles. The van der Waals surface area contributed by atoms with Gasteiger partial charge in [0.1, 0.15) is 0 Å². The van der Waals surface area contributed by atoms with Gasteiger partial charge in [0.25, 0.3) is 0 Å². The molecule has 0 N–H and O–H groups in total. The monoisotopic (exact) mass is 428 g/mol. The summed E-state index contributed by atoms with van der Waals surface area (Å²) in [6.07, 6.45) is 3.43. The Labute approximate surface area is 178 Å². The number of ether oxygens (including phenoxy) is 1. The lowest BCUT2D eigenvalue weighted by Gasteiger charge is -2.25. The van der Waals surface area contributed by atoms with Gasteiger partial charge in [-0.15, -0.1) is 0 Å². The molecule has 0 radical (unpaired) electrons. The van der Waals surface area contributed by atoms with Gasteiger partial charge in [-0.2, -0.15) is 0 Å². The number of methoxy groups -OCH3 is 1. The van der Waals surface area contributed by atoms with Crippen LogP contribution in [-0.4, -0.2) is 54.4 Å². The molecule has 8 heteroatoms. The van der Waals surface area contributed by atoms with Gasteiger partial charge in [-0.3, -0.25) is 9.88 Å². The molecule has 7 nitrogen and oxygen atoms in total. The molecule has 2 aromatic heterocycles. The fourth-order valence-electron chi connectivity index (χ4n) is 3.23. The summed E-state index contributed by atoms with van der Waals surface area (Å²) in [7, 11) is -0.0748. The van der Waals surface area contributed by atoms with Gasteiger partial charge in [-0.05, 0) is 31.7 Å².